The topological polar surface area (TPSA) is 49.3 Å². The van der Waals surface area contributed by atoms with Gasteiger partial charge in [-0.05, 0) is 54.0 Å². The lowest BCUT2D eigenvalue weighted by atomic mass is 9.88. The van der Waals surface area contributed by atoms with E-state index in [1.807, 2.05) is 0 Å². The molecule has 1 heterocycles. The Hall–Kier alpha value is -0.870. The van der Waals surface area contributed by atoms with Crippen molar-refractivity contribution in [2.45, 2.75) is 50.9 Å². The van der Waals surface area contributed by atoms with E-state index in [4.69, 9.17) is 5.11 Å². The largest absolute Gasteiger partial charge is 0.396 e. The maximum absolute atomic E-state index is 12.1. The molecule has 0 saturated heterocycles. The lowest BCUT2D eigenvalue weighted by Crippen LogP contribution is -2.33. The molecule has 0 aromatic carbocycles. The van der Waals surface area contributed by atoms with Crippen LogP contribution < -0.4 is 5.32 Å². The molecule has 1 aliphatic carbocycles. The third kappa shape index (κ3) is 4.60. The molecule has 1 atom stereocenters. The normalized spacial score (nSPS) is 17.9. The van der Waals surface area contributed by atoms with Gasteiger partial charge < -0.3 is 10.4 Å². The zero-order chi connectivity index (χ0) is 14.2. The van der Waals surface area contributed by atoms with Crippen LogP contribution in [0.15, 0.2) is 16.8 Å². The van der Waals surface area contributed by atoms with Gasteiger partial charge in [-0.1, -0.05) is 19.3 Å². The summed E-state index contributed by atoms with van der Waals surface area (Å²) in [6.07, 6.45) is 7.46. The van der Waals surface area contributed by atoms with Crippen LogP contribution in [0.4, 0.5) is 0 Å². The fraction of sp³-hybridized carbons (Fsp3) is 0.688. The number of nitrogens with one attached hydrogen (secondary N) is 1. The van der Waals surface area contributed by atoms with Crippen molar-refractivity contribution >= 4 is 17.2 Å². The standard InChI is InChI=1S/C16H25NO2S/c18-10-7-13(15-8-11-20-12-15)6-9-17-16(19)14-4-2-1-3-5-14/h8,11-14,18H,1-7,9-10H2,(H,17,19)/t13-/m0/s1. The second-order valence-corrected chi connectivity index (χ2v) is 6.46. The molecule has 20 heavy (non-hydrogen) atoms. The molecule has 0 bridgehead atoms. The zero-order valence-corrected chi connectivity index (χ0v) is 12.8. The van der Waals surface area contributed by atoms with Crippen molar-refractivity contribution in [3.05, 3.63) is 22.4 Å². The van der Waals surface area contributed by atoms with Crippen molar-refractivity contribution in [1.29, 1.82) is 0 Å². The molecule has 1 aliphatic rings. The van der Waals surface area contributed by atoms with Crippen LogP contribution in [0.25, 0.3) is 0 Å². The van der Waals surface area contributed by atoms with Crippen LogP contribution in [-0.2, 0) is 4.79 Å². The van der Waals surface area contributed by atoms with Crippen molar-refractivity contribution in [1.82, 2.24) is 5.32 Å². The number of thiophene rings is 1. The SMILES string of the molecule is O=C(NCC[C@@H](CCO)c1ccsc1)C1CCCCC1. The van der Waals surface area contributed by atoms with E-state index in [2.05, 4.69) is 22.1 Å². The summed E-state index contributed by atoms with van der Waals surface area (Å²) in [6.45, 7) is 0.924. The van der Waals surface area contributed by atoms with Gasteiger partial charge in [-0.15, -0.1) is 0 Å². The summed E-state index contributed by atoms with van der Waals surface area (Å²) in [4.78, 5) is 12.1. The van der Waals surface area contributed by atoms with Crippen LogP contribution in [0.2, 0.25) is 0 Å². The first kappa shape index (κ1) is 15.5. The Morgan fingerprint density at radius 1 is 1.35 bits per heavy atom. The van der Waals surface area contributed by atoms with E-state index >= 15 is 0 Å². The van der Waals surface area contributed by atoms with Gasteiger partial charge in [0.05, 0.1) is 0 Å². The average Bonchev–Trinajstić information content (AvgIpc) is 3.01. The van der Waals surface area contributed by atoms with Gasteiger partial charge in [0.15, 0.2) is 0 Å². The Morgan fingerprint density at radius 3 is 2.80 bits per heavy atom. The summed E-state index contributed by atoms with van der Waals surface area (Å²) in [5, 5.41) is 16.5. The minimum absolute atomic E-state index is 0.205. The van der Waals surface area contributed by atoms with Gasteiger partial charge in [-0.2, -0.15) is 11.3 Å². The van der Waals surface area contributed by atoms with Crippen molar-refractivity contribution in [2.75, 3.05) is 13.2 Å². The second-order valence-electron chi connectivity index (χ2n) is 5.68. The number of rotatable bonds is 7. The molecular formula is C16H25NO2S. The van der Waals surface area contributed by atoms with Crippen LogP contribution >= 0.6 is 11.3 Å². The lowest BCUT2D eigenvalue weighted by Gasteiger charge is -2.21. The molecule has 1 saturated carbocycles. The van der Waals surface area contributed by atoms with Gasteiger partial charge in [0.2, 0.25) is 5.91 Å². The van der Waals surface area contributed by atoms with Gasteiger partial charge in [-0.3, -0.25) is 4.79 Å². The maximum atomic E-state index is 12.1. The molecule has 2 rings (SSSR count). The Kier molecular flexibility index (Phi) is 6.54. The van der Waals surface area contributed by atoms with Gasteiger partial charge in [0.25, 0.3) is 0 Å². The number of hydrogen-bond acceptors (Lipinski definition) is 3. The van der Waals surface area contributed by atoms with E-state index in [1.165, 1.54) is 24.8 Å². The summed E-state index contributed by atoms with van der Waals surface area (Å²) in [7, 11) is 0. The maximum Gasteiger partial charge on any atom is 0.223 e. The highest BCUT2D eigenvalue weighted by atomic mass is 32.1. The highest BCUT2D eigenvalue weighted by Gasteiger charge is 2.21. The molecule has 0 spiro atoms. The second kappa shape index (κ2) is 8.42. The quantitative estimate of drug-likeness (QED) is 0.811. The van der Waals surface area contributed by atoms with E-state index in [0.29, 0.717) is 5.92 Å². The van der Waals surface area contributed by atoms with E-state index < -0.39 is 0 Å². The molecule has 1 aromatic heterocycles. The number of carbonyl (C=O) groups excluding carboxylic acids is 1. The zero-order valence-electron chi connectivity index (χ0n) is 12.0. The molecule has 3 nitrogen and oxygen atoms in total. The molecule has 2 N–H and O–H groups in total. The van der Waals surface area contributed by atoms with Crippen molar-refractivity contribution in [2.24, 2.45) is 5.92 Å². The predicted molar refractivity (Wildman–Crippen MR) is 83.0 cm³/mol. The molecule has 4 heteroatoms. The van der Waals surface area contributed by atoms with E-state index in [-0.39, 0.29) is 18.4 Å². The summed E-state index contributed by atoms with van der Waals surface area (Å²) < 4.78 is 0. The third-order valence-corrected chi connectivity index (χ3v) is 4.96. The molecule has 0 radical (unpaired) electrons. The van der Waals surface area contributed by atoms with Crippen LogP contribution in [-0.4, -0.2) is 24.2 Å². The molecule has 1 aromatic rings. The Morgan fingerprint density at radius 2 is 2.15 bits per heavy atom. The van der Waals surface area contributed by atoms with Crippen LogP contribution in [0.3, 0.4) is 0 Å². The third-order valence-electron chi connectivity index (χ3n) is 4.26. The highest BCUT2D eigenvalue weighted by Crippen LogP contribution is 2.26. The first-order valence-electron chi connectivity index (χ1n) is 7.72. The summed E-state index contributed by atoms with van der Waals surface area (Å²) >= 11 is 1.69. The van der Waals surface area contributed by atoms with Crippen molar-refractivity contribution < 1.29 is 9.90 Å². The molecular weight excluding hydrogens is 270 g/mol. The molecule has 1 fully saturated rings. The minimum Gasteiger partial charge on any atom is -0.396 e. The fourth-order valence-corrected chi connectivity index (χ4v) is 3.76. The van der Waals surface area contributed by atoms with Crippen LogP contribution in [0, 0.1) is 5.92 Å². The van der Waals surface area contributed by atoms with Gasteiger partial charge >= 0.3 is 0 Å². The number of amides is 1. The number of aliphatic hydroxyl groups is 1. The van der Waals surface area contributed by atoms with Crippen LogP contribution in [0.5, 0.6) is 0 Å². The molecule has 112 valence electrons. The molecule has 1 amide bonds. The molecule has 0 aliphatic heterocycles. The number of hydrogen-bond donors (Lipinski definition) is 2. The molecule has 0 unspecified atom stereocenters. The summed E-state index contributed by atoms with van der Waals surface area (Å²) in [6, 6.07) is 2.12. The van der Waals surface area contributed by atoms with E-state index in [0.717, 1.165) is 32.2 Å². The van der Waals surface area contributed by atoms with E-state index in [1.54, 1.807) is 11.3 Å². The first-order valence-corrected chi connectivity index (χ1v) is 8.66. The number of carbonyl (C=O) groups is 1. The van der Waals surface area contributed by atoms with Gasteiger partial charge in [0.1, 0.15) is 0 Å². The summed E-state index contributed by atoms with van der Waals surface area (Å²) in [5.74, 6) is 0.830. The van der Waals surface area contributed by atoms with Gasteiger partial charge in [0, 0.05) is 19.1 Å². The predicted octanol–water partition coefficient (Wildman–Crippen LogP) is 3.30. The Bertz CT molecular complexity index is 385. The van der Waals surface area contributed by atoms with Crippen molar-refractivity contribution in [3.8, 4) is 0 Å². The Balaban J connectivity index is 1.74. The number of aliphatic hydroxyl groups excluding tert-OH is 1. The minimum atomic E-state index is 0.205. The lowest BCUT2D eigenvalue weighted by molar-refractivity contribution is -0.125. The van der Waals surface area contributed by atoms with E-state index in [9.17, 15) is 4.79 Å². The van der Waals surface area contributed by atoms with Crippen molar-refractivity contribution in [3.63, 3.8) is 0 Å². The highest BCUT2D eigenvalue weighted by molar-refractivity contribution is 7.07. The first-order chi connectivity index (χ1) is 9.81. The Labute approximate surface area is 125 Å². The summed E-state index contributed by atoms with van der Waals surface area (Å²) in [5.41, 5.74) is 1.29. The van der Waals surface area contributed by atoms with Gasteiger partial charge in [-0.25, -0.2) is 0 Å². The van der Waals surface area contributed by atoms with Crippen LogP contribution in [0.1, 0.15) is 56.4 Å². The monoisotopic (exact) mass is 295 g/mol. The smallest absolute Gasteiger partial charge is 0.223 e. The average molecular weight is 295 g/mol. The fourth-order valence-electron chi connectivity index (χ4n) is 3.02.